The fourth-order valence-electron chi connectivity index (χ4n) is 2.73. The van der Waals surface area contributed by atoms with Gasteiger partial charge in [0.2, 0.25) is 29.5 Å². The molecule has 1 fully saturated rings. The third-order valence-electron chi connectivity index (χ3n) is 4.44. The van der Waals surface area contributed by atoms with Gasteiger partial charge in [0.15, 0.2) is 0 Å². The molecule has 8 amide bonds. The van der Waals surface area contributed by atoms with Gasteiger partial charge in [-0.3, -0.25) is 39.0 Å². The lowest BCUT2D eigenvalue weighted by Crippen LogP contribution is -2.54. The van der Waals surface area contributed by atoms with E-state index < -0.39 is 65.9 Å². The molecule has 36 heavy (non-hydrogen) atoms. The monoisotopic (exact) mass is 531 g/mol. The van der Waals surface area contributed by atoms with E-state index in [2.05, 4.69) is 16.0 Å². The lowest BCUT2D eigenvalue weighted by atomic mass is 10.3. The Balaban J connectivity index is 2.25. The molecule has 0 aromatic carbocycles. The van der Waals surface area contributed by atoms with Crippen molar-refractivity contribution in [2.45, 2.75) is 24.1 Å². The van der Waals surface area contributed by atoms with Crippen molar-refractivity contribution in [2.24, 2.45) is 11.5 Å². The first-order valence-electron chi connectivity index (χ1n) is 10.7. The van der Waals surface area contributed by atoms with E-state index in [1.807, 2.05) is 5.32 Å². The summed E-state index contributed by atoms with van der Waals surface area (Å²) >= 11 is 1.13. The fraction of sp³-hybridized carbons (Fsp3) is 0.579. The van der Waals surface area contributed by atoms with Crippen molar-refractivity contribution in [1.29, 1.82) is 0 Å². The van der Waals surface area contributed by atoms with Crippen molar-refractivity contribution in [3.05, 3.63) is 0 Å². The molecule has 0 radical (unpaired) electrons. The number of hydrogen-bond acceptors (Lipinski definition) is 11. The SMILES string of the molecule is NCC(NC(=O)NC(=O)COCCNC(=O)CN1C(=O)CC(SCCC(N)=O)C1=O)C(=O)NCC=O. The van der Waals surface area contributed by atoms with Gasteiger partial charge in [-0.05, 0) is 0 Å². The van der Waals surface area contributed by atoms with Gasteiger partial charge in [-0.25, -0.2) is 4.79 Å². The van der Waals surface area contributed by atoms with Crippen LogP contribution in [0.4, 0.5) is 4.79 Å². The number of ether oxygens (including phenoxy) is 1. The number of urea groups is 1. The van der Waals surface area contributed by atoms with Crippen LogP contribution in [0.25, 0.3) is 0 Å². The molecule has 200 valence electrons. The third-order valence-corrected chi connectivity index (χ3v) is 5.65. The quantitative estimate of drug-likeness (QED) is 0.0627. The molecule has 0 aliphatic carbocycles. The number of nitrogens with zero attached hydrogens (tertiary/aromatic N) is 1. The first kappa shape index (κ1) is 30.5. The summed E-state index contributed by atoms with van der Waals surface area (Å²) < 4.78 is 5.03. The summed E-state index contributed by atoms with van der Waals surface area (Å²) in [5, 5.41) is 8.06. The third kappa shape index (κ3) is 11.2. The highest BCUT2D eigenvalue weighted by atomic mass is 32.2. The Morgan fingerprint density at radius 1 is 1.17 bits per heavy atom. The largest absolute Gasteiger partial charge is 0.370 e. The highest BCUT2D eigenvalue weighted by Gasteiger charge is 2.39. The van der Waals surface area contributed by atoms with E-state index in [4.69, 9.17) is 16.2 Å². The van der Waals surface area contributed by atoms with Crippen molar-refractivity contribution in [3.63, 3.8) is 0 Å². The van der Waals surface area contributed by atoms with Crippen molar-refractivity contribution in [3.8, 4) is 0 Å². The Morgan fingerprint density at radius 2 is 1.89 bits per heavy atom. The van der Waals surface area contributed by atoms with Crippen LogP contribution in [0.15, 0.2) is 0 Å². The number of rotatable bonds is 16. The van der Waals surface area contributed by atoms with Gasteiger partial charge in [-0.1, -0.05) is 0 Å². The van der Waals surface area contributed by atoms with E-state index in [0.717, 1.165) is 16.7 Å². The number of nitrogens with one attached hydrogen (secondary N) is 4. The maximum absolute atomic E-state index is 12.3. The number of nitrogens with two attached hydrogens (primary N) is 2. The summed E-state index contributed by atoms with van der Waals surface area (Å²) in [4.78, 5) is 93.4. The van der Waals surface area contributed by atoms with Crippen molar-refractivity contribution < 1.29 is 43.1 Å². The van der Waals surface area contributed by atoms with Crippen LogP contribution >= 0.6 is 11.8 Å². The van der Waals surface area contributed by atoms with Crippen LogP contribution in [0, 0.1) is 0 Å². The van der Waals surface area contributed by atoms with Gasteiger partial charge >= 0.3 is 6.03 Å². The number of primary amides is 1. The number of carbonyl (C=O) groups is 8. The van der Waals surface area contributed by atoms with Crippen molar-refractivity contribution in [1.82, 2.24) is 26.2 Å². The molecule has 2 unspecified atom stereocenters. The average molecular weight is 532 g/mol. The summed E-state index contributed by atoms with van der Waals surface area (Å²) in [7, 11) is 0. The molecule has 8 N–H and O–H groups in total. The molecule has 1 aliphatic heterocycles. The van der Waals surface area contributed by atoms with Crippen LogP contribution in [0.3, 0.4) is 0 Å². The number of hydrogen-bond donors (Lipinski definition) is 6. The maximum Gasteiger partial charge on any atom is 0.322 e. The summed E-state index contributed by atoms with van der Waals surface area (Å²) in [6, 6.07) is -2.16. The van der Waals surface area contributed by atoms with Gasteiger partial charge in [0, 0.05) is 31.7 Å². The molecule has 0 aromatic rings. The molecule has 17 heteroatoms. The molecular formula is C19H29N7O9S. The predicted octanol–water partition coefficient (Wildman–Crippen LogP) is -4.68. The van der Waals surface area contributed by atoms with Crippen LogP contribution in [-0.2, 0) is 38.3 Å². The highest BCUT2D eigenvalue weighted by Crippen LogP contribution is 2.25. The van der Waals surface area contributed by atoms with E-state index in [-0.39, 0.29) is 44.8 Å². The van der Waals surface area contributed by atoms with Gasteiger partial charge in [0.05, 0.1) is 18.4 Å². The minimum absolute atomic E-state index is 0.0442. The zero-order valence-corrected chi connectivity index (χ0v) is 20.1. The second-order valence-electron chi connectivity index (χ2n) is 7.22. The van der Waals surface area contributed by atoms with Crippen LogP contribution in [0.5, 0.6) is 0 Å². The summed E-state index contributed by atoms with van der Waals surface area (Å²) in [5.74, 6) is -3.41. The standard InChI is InChI=1S/C19H29N7O9S/c20-8-11(17(32)23-2-4-27)24-19(34)25-15(30)10-35-5-3-22-14(29)9-26-16(31)7-12(18(26)33)36-6-1-13(21)28/h4,11-12H,1-3,5-10,20H2,(H2,21,28)(H,22,29)(H,23,32)(H2,24,25,30,34). The number of carbonyl (C=O) groups excluding carboxylic acids is 8. The van der Waals surface area contributed by atoms with Gasteiger partial charge < -0.3 is 36.9 Å². The molecule has 0 spiro atoms. The summed E-state index contributed by atoms with van der Waals surface area (Å²) in [5.41, 5.74) is 10.4. The van der Waals surface area contributed by atoms with Gasteiger partial charge in [-0.2, -0.15) is 0 Å². The second kappa shape index (κ2) is 16.2. The first-order valence-corrected chi connectivity index (χ1v) is 11.7. The lowest BCUT2D eigenvalue weighted by molar-refractivity contribution is -0.142. The first-order chi connectivity index (χ1) is 17.1. The Morgan fingerprint density at radius 3 is 2.53 bits per heavy atom. The van der Waals surface area contributed by atoms with E-state index in [1.165, 1.54) is 0 Å². The molecule has 1 heterocycles. The molecule has 0 bridgehead atoms. The molecule has 1 rings (SSSR count). The minimum atomic E-state index is -1.16. The van der Waals surface area contributed by atoms with Crippen LogP contribution < -0.4 is 32.7 Å². The van der Waals surface area contributed by atoms with Crippen LogP contribution in [0.1, 0.15) is 12.8 Å². The van der Waals surface area contributed by atoms with Gasteiger partial charge in [0.25, 0.3) is 5.91 Å². The predicted molar refractivity (Wildman–Crippen MR) is 124 cm³/mol. The maximum atomic E-state index is 12.3. The van der Waals surface area contributed by atoms with E-state index >= 15 is 0 Å². The molecule has 0 saturated carbocycles. The topological polar surface area (TPSA) is 249 Å². The summed E-state index contributed by atoms with van der Waals surface area (Å²) in [6.07, 6.45) is 0.447. The molecule has 1 aliphatic rings. The molecule has 0 aromatic heterocycles. The number of imide groups is 2. The van der Waals surface area contributed by atoms with Crippen LogP contribution in [-0.4, -0.2) is 109 Å². The lowest BCUT2D eigenvalue weighted by Gasteiger charge is -2.16. The number of thioether (sulfide) groups is 1. The number of likely N-dealkylation sites (tertiary alicyclic amines) is 1. The number of amides is 8. The average Bonchev–Trinajstić information content (AvgIpc) is 3.07. The Labute approximate surface area is 209 Å². The molecular weight excluding hydrogens is 502 g/mol. The van der Waals surface area contributed by atoms with E-state index in [1.54, 1.807) is 0 Å². The van der Waals surface area contributed by atoms with Gasteiger partial charge in [-0.15, -0.1) is 11.8 Å². The Hall–Kier alpha value is -3.57. The van der Waals surface area contributed by atoms with Crippen molar-refractivity contribution in [2.75, 3.05) is 45.1 Å². The minimum Gasteiger partial charge on any atom is -0.370 e. The van der Waals surface area contributed by atoms with E-state index in [0.29, 0.717) is 6.29 Å². The number of aldehydes is 1. The zero-order chi connectivity index (χ0) is 27.1. The van der Waals surface area contributed by atoms with Crippen molar-refractivity contribution >= 4 is 59.5 Å². The smallest absolute Gasteiger partial charge is 0.322 e. The van der Waals surface area contributed by atoms with E-state index in [9.17, 15) is 38.4 Å². The Bertz CT molecular complexity index is 870. The highest BCUT2D eigenvalue weighted by molar-refractivity contribution is 8.00. The molecule has 1 saturated heterocycles. The van der Waals surface area contributed by atoms with Gasteiger partial charge in [0.1, 0.15) is 25.5 Å². The van der Waals surface area contributed by atoms with Crippen LogP contribution in [0.2, 0.25) is 0 Å². The zero-order valence-electron chi connectivity index (χ0n) is 19.3. The second-order valence-corrected chi connectivity index (χ2v) is 8.53. The molecule has 16 nitrogen and oxygen atoms in total. The fourth-order valence-corrected chi connectivity index (χ4v) is 3.87. The Kier molecular flexibility index (Phi) is 13.7. The summed E-state index contributed by atoms with van der Waals surface area (Å²) in [6.45, 7) is -1.71. The molecule has 2 atom stereocenters. The normalized spacial score (nSPS) is 15.7.